The number of benzene rings is 1. The second kappa shape index (κ2) is 6.26. The lowest BCUT2D eigenvalue weighted by Gasteiger charge is -2.29. The number of nitrogens with zero attached hydrogens (tertiary/aromatic N) is 1. The molecule has 3 rings (SSSR count). The third-order valence-corrected chi connectivity index (χ3v) is 5.00. The Morgan fingerprint density at radius 3 is 3.00 bits per heavy atom. The maximum Gasteiger partial charge on any atom is 0.241 e. The summed E-state index contributed by atoms with van der Waals surface area (Å²) in [5.41, 5.74) is 2.26. The van der Waals surface area contributed by atoms with E-state index < -0.39 is 0 Å². The first kappa shape index (κ1) is 16.5. The van der Waals surface area contributed by atoms with E-state index in [9.17, 15) is 4.79 Å². The van der Waals surface area contributed by atoms with E-state index >= 15 is 0 Å². The van der Waals surface area contributed by atoms with Crippen molar-refractivity contribution in [2.75, 3.05) is 11.2 Å². The lowest BCUT2D eigenvalue weighted by molar-refractivity contribution is -0.113. The van der Waals surface area contributed by atoms with Crippen molar-refractivity contribution < 1.29 is 9.53 Å². The first-order valence-corrected chi connectivity index (χ1v) is 9.13. The van der Waals surface area contributed by atoms with Crippen molar-refractivity contribution >= 4 is 56.0 Å². The number of aromatic nitrogens is 1. The Kier molecular flexibility index (Phi) is 4.49. The van der Waals surface area contributed by atoms with E-state index in [-0.39, 0.29) is 17.4 Å². The maximum absolute atomic E-state index is 11.4. The Bertz CT molecular complexity index is 801. The van der Waals surface area contributed by atoms with Gasteiger partial charge in [0.1, 0.15) is 17.2 Å². The Morgan fingerprint density at radius 2 is 2.26 bits per heavy atom. The highest BCUT2D eigenvalue weighted by atomic mass is 79.9. The lowest BCUT2D eigenvalue weighted by atomic mass is 9.99. The third-order valence-electron chi connectivity index (χ3n) is 3.31. The molecule has 0 aliphatic carbocycles. The molecule has 0 bridgehead atoms. The van der Waals surface area contributed by atoms with Crippen LogP contribution in [0.2, 0.25) is 0 Å². The zero-order valence-electron chi connectivity index (χ0n) is 12.5. The van der Waals surface area contributed by atoms with Crippen LogP contribution < -0.4 is 10.1 Å². The fourth-order valence-corrected chi connectivity index (χ4v) is 3.47. The van der Waals surface area contributed by atoms with Gasteiger partial charge in [-0.05, 0) is 32.1 Å². The smallest absolute Gasteiger partial charge is 0.241 e. The summed E-state index contributed by atoms with van der Waals surface area (Å²) in [5.74, 6) is 0.420. The van der Waals surface area contributed by atoms with Crippen molar-refractivity contribution in [2.24, 2.45) is 0 Å². The average Bonchev–Trinajstić information content (AvgIpc) is 2.94. The molecule has 0 unspecified atom stereocenters. The number of rotatable bonds is 3. The number of nitrogens with one attached hydrogen (secondary N) is 1. The van der Waals surface area contributed by atoms with Crippen molar-refractivity contribution in [3.05, 3.63) is 33.6 Å². The maximum atomic E-state index is 11.4. The number of halogens is 2. The van der Waals surface area contributed by atoms with E-state index in [0.29, 0.717) is 5.13 Å². The van der Waals surface area contributed by atoms with Crippen molar-refractivity contribution in [1.82, 2.24) is 4.98 Å². The van der Waals surface area contributed by atoms with Gasteiger partial charge in [-0.3, -0.25) is 4.79 Å². The summed E-state index contributed by atoms with van der Waals surface area (Å²) < 4.78 is 7.10. The minimum absolute atomic E-state index is 0.0926. The van der Waals surface area contributed by atoms with Crippen LogP contribution in [0.4, 0.5) is 5.13 Å². The van der Waals surface area contributed by atoms with Gasteiger partial charge in [0.15, 0.2) is 5.13 Å². The number of fused-ring (bicyclic) bond motifs is 1. The van der Waals surface area contributed by atoms with Gasteiger partial charge in [-0.25, -0.2) is 4.98 Å². The van der Waals surface area contributed by atoms with Gasteiger partial charge < -0.3 is 10.1 Å². The van der Waals surface area contributed by atoms with Crippen LogP contribution in [0.15, 0.2) is 28.1 Å². The Morgan fingerprint density at radius 1 is 1.48 bits per heavy atom. The SMILES string of the molecule is CC1(C)C=Cc2c(Br)ccc(-c3csc(NC(=O)CCl)n3)c2O1. The van der Waals surface area contributed by atoms with Gasteiger partial charge in [-0.1, -0.05) is 22.0 Å². The molecule has 0 radical (unpaired) electrons. The molecule has 120 valence electrons. The molecular weight excluding hydrogens is 400 g/mol. The highest BCUT2D eigenvalue weighted by molar-refractivity contribution is 9.10. The van der Waals surface area contributed by atoms with Gasteiger partial charge in [-0.2, -0.15) is 0 Å². The molecule has 2 heterocycles. The van der Waals surface area contributed by atoms with E-state index in [2.05, 4.69) is 32.3 Å². The van der Waals surface area contributed by atoms with Crippen LogP contribution in [0.1, 0.15) is 19.4 Å². The number of alkyl halides is 1. The number of hydrogen-bond donors (Lipinski definition) is 1. The predicted octanol–water partition coefficient (Wildman–Crippen LogP) is 4.93. The zero-order valence-corrected chi connectivity index (χ0v) is 15.7. The summed E-state index contributed by atoms with van der Waals surface area (Å²) in [7, 11) is 0. The summed E-state index contributed by atoms with van der Waals surface area (Å²) >= 11 is 10.4. The number of hydrogen-bond acceptors (Lipinski definition) is 4. The van der Waals surface area contributed by atoms with Crippen LogP contribution >= 0.6 is 38.9 Å². The summed E-state index contributed by atoms with van der Waals surface area (Å²) in [4.78, 5) is 15.8. The van der Waals surface area contributed by atoms with Crippen LogP contribution in [0.3, 0.4) is 0 Å². The predicted molar refractivity (Wildman–Crippen MR) is 98.3 cm³/mol. The minimum Gasteiger partial charge on any atom is -0.482 e. The number of amides is 1. The van der Waals surface area contributed by atoms with E-state index in [1.807, 2.05) is 37.4 Å². The second-order valence-electron chi connectivity index (χ2n) is 5.60. The average molecular weight is 414 g/mol. The third kappa shape index (κ3) is 3.44. The topological polar surface area (TPSA) is 51.2 Å². The normalized spacial score (nSPS) is 15.0. The summed E-state index contributed by atoms with van der Waals surface area (Å²) in [6, 6.07) is 3.93. The van der Waals surface area contributed by atoms with Crippen LogP contribution in [-0.2, 0) is 4.79 Å². The first-order chi connectivity index (χ1) is 10.9. The van der Waals surface area contributed by atoms with E-state index in [1.165, 1.54) is 11.3 Å². The largest absolute Gasteiger partial charge is 0.482 e. The first-order valence-electron chi connectivity index (χ1n) is 6.92. The summed E-state index contributed by atoms with van der Waals surface area (Å²) in [6.07, 6.45) is 4.08. The van der Waals surface area contributed by atoms with Crippen molar-refractivity contribution in [3.8, 4) is 17.0 Å². The molecule has 1 aliphatic heterocycles. The van der Waals surface area contributed by atoms with E-state index in [0.717, 1.165) is 27.0 Å². The fourth-order valence-electron chi connectivity index (χ4n) is 2.23. The molecule has 0 fully saturated rings. The number of anilines is 1. The van der Waals surface area contributed by atoms with Gasteiger partial charge in [0, 0.05) is 21.0 Å². The molecule has 0 saturated carbocycles. The highest BCUT2D eigenvalue weighted by Crippen LogP contribution is 2.43. The van der Waals surface area contributed by atoms with Crippen molar-refractivity contribution in [2.45, 2.75) is 19.4 Å². The molecule has 0 saturated heterocycles. The van der Waals surface area contributed by atoms with Crippen LogP contribution in [0.5, 0.6) is 5.75 Å². The van der Waals surface area contributed by atoms with Gasteiger partial charge in [0.05, 0.1) is 5.69 Å². The molecule has 4 nitrogen and oxygen atoms in total. The number of carbonyl (C=O) groups excluding carboxylic acids is 1. The van der Waals surface area contributed by atoms with Gasteiger partial charge in [0.2, 0.25) is 5.91 Å². The Labute approximate surface area is 151 Å². The molecule has 1 aliphatic rings. The molecule has 7 heteroatoms. The van der Waals surface area contributed by atoms with E-state index in [1.54, 1.807) is 0 Å². The zero-order chi connectivity index (χ0) is 16.6. The minimum atomic E-state index is -0.381. The molecular formula is C16H14BrClN2O2S. The molecule has 0 spiro atoms. The molecule has 1 N–H and O–H groups in total. The van der Waals surface area contributed by atoms with Gasteiger partial charge in [0.25, 0.3) is 0 Å². The highest BCUT2D eigenvalue weighted by Gasteiger charge is 2.26. The molecule has 1 amide bonds. The van der Waals surface area contributed by atoms with Crippen LogP contribution in [0.25, 0.3) is 17.3 Å². The quantitative estimate of drug-likeness (QED) is 0.726. The molecule has 1 aromatic heterocycles. The number of thiazole rings is 1. The second-order valence-corrected chi connectivity index (χ2v) is 7.58. The lowest BCUT2D eigenvalue weighted by Crippen LogP contribution is -2.28. The van der Waals surface area contributed by atoms with Gasteiger partial charge >= 0.3 is 0 Å². The monoisotopic (exact) mass is 412 g/mol. The molecule has 2 aromatic rings. The van der Waals surface area contributed by atoms with E-state index in [4.69, 9.17) is 16.3 Å². The number of ether oxygens (including phenoxy) is 1. The number of carbonyl (C=O) groups is 1. The fraction of sp³-hybridized carbons (Fsp3) is 0.250. The summed E-state index contributed by atoms with van der Waals surface area (Å²) in [6.45, 7) is 4.01. The molecule has 1 aromatic carbocycles. The van der Waals surface area contributed by atoms with Gasteiger partial charge in [-0.15, -0.1) is 22.9 Å². The Hall–Kier alpha value is -1.37. The molecule has 0 atom stereocenters. The standard InChI is InChI=1S/C16H14BrClN2O2S/c1-16(2)6-5-9-11(17)4-3-10(14(9)22-16)12-8-23-15(19-12)20-13(21)7-18/h3-6,8H,7H2,1-2H3,(H,19,20,21). The Balaban J connectivity index is 2.02. The van der Waals surface area contributed by atoms with Crippen LogP contribution in [-0.4, -0.2) is 22.4 Å². The van der Waals surface area contributed by atoms with Crippen LogP contribution in [0, 0.1) is 0 Å². The molecule has 23 heavy (non-hydrogen) atoms. The summed E-state index contributed by atoms with van der Waals surface area (Å²) in [5, 5.41) is 5.07. The van der Waals surface area contributed by atoms with Crippen molar-refractivity contribution in [1.29, 1.82) is 0 Å². The van der Waals surface area contributed by atoms with Crippen molar-refractivity contribution in [3.63, 3.8) is 0 Å².